The van der Waals surface area contributed by atoms with E-state index in [0.717, 1.165) is 64.2 Å². The topological polar surface area (TPSA) is 118 Å². The number of fused-ring (bicyclic) bond motifs is 7. The average Bonchev–Trinajstić information content (AvgIpc) is 3.38. The van der Waals surface area contributed by atoms with E-state index < -0.39 is 28.7 Å². The summed E-state index contributed by atoms with van der Waals surface area (Å²) >= 11 is 0. The number of carbonyl (C=O) groups is 4. The van der Waals surface area contributed by atoms with Gasteiger partial charge in [0.1, 0.15) is 11.9 Å². The van der Waals surface area contributed by atoms with Crippen molar-refractivity contribution >= 4 is 23.7 Å². The first kappa shape index (κ1) is 35.6. The molecule has 0 amide bonds. The van der Waals surface area contributed by atoms with E-state index in [1.165, 1.54) is 5.57 Å². The summed E-state index contributed by atoms with van der Waals surface area (Å²) in [6, 6.07) is 0. The minimum absolute atomic E-state index is 0.0765. The van der Waals surface area contributed by atoms with Gasteiger partial charge in [-0.3, -0.25) is 19.2 Å². The molecule has 7 heteroatoms. The molecule has 0 radical (unpaired) electrons. The Hall–Kier alpha value is -2.18. The standard InChI is InChI=1S/C41H62O7/c1-23(2)24-14-19-41(30(42)12-13-32(43)44)21-20-39(8)25(33(24)41)10-11-29-38(7)17-16-31(37(5,6)28(38)15-18-40(29,39)9)48-35(47)27-22-26(34(45)46)36(27,3)4/h24-29,31,33H,1,10-22H2,2-9H3,(H,43,44)(H,45,46)/t24-,25?,26-,27?,28-,29+,31-,33?,38-,39+,40+,41+/m0/s1. The van der Waals surface area contributed by atoms with Crippen LogP contribution in [-0.2, 0) is 23.9 Å². The van der Waals surface area contributed by atoms with Crippen LogP contribution in [0, 0.1) is 73.9 Å². The Morgan fingerprint density at radius 2 is 1.42 bits per heavy atom. The van der Waals surface area contributed by atoms with Crippen LogP contribution in [0.25, 0.3) is 0 Å². The monoisotopic (exact) mass is 666 g/mol. The molecule has 7 nitrogen and oxygen atoms in total. The minimum Gasteiger partial charge on any atom is -0.481 e. The van der Waals surface area contributed by atoms with Gasteiger partial charge in [0.05, 0.1) is 18.3 Å². The zero-order valence-corrected chi connectivity index (χ0v) is 31.0. The normalized spacial score (nSPS) is 46.8. The lowest BCUT2D eigenvalue weighted by atomic mass is 9.32. The van der Waals surface area contributed by atoms with Gasteiger partial charge in [-0.05, 0) is 129 Å². The molecule has 0 aliphatic heterocycles. The van der Waals surface area contributed by atoms with Crippen LogP contribution in [0.5, 0.6) is 0 Å². The van der Waals surface area contributed by atoms with Gasteiger partial charge in [0, 0.05) is 17.3 Å². The smallest absolute Gasteiger partial charge is 0.309 e. The molecule has 6 saturated carbocycles. The molecule has 48 heavy (non-hydrogen) atoms. The summed E-state index contributed by atoms with van der Waals surface area (Å²) in [5, 5.41) is 19.0. The lowest BCUT2D eigenvalue weighted by molar-refractivity contribution is -0.250. The number of ketones is 1. The van der Waals surface area contributed by atoms with E-state index in [1.54, 1.807) is 0 Å². The maximum absolute atomic E-state index is 14.0. The third-order valence-electron chi connectivity index (χ3n) is 17.2. The van der Waals surface area contributed by atoms with Gasteiger partial charge >= 0.3 is 17.9 Å². The quantitative estimate of drug-likeness (QED) is 0.196. The van der Waals surface area contributed by atoms with Crippen molar-refractivity contribution < 1.29 is 34.1 Å². The second-order valence-electron chi connectivity index (χ2n) is 19.4. The van der Waals surface area contributed by atoms with Crippen molar-refractivity contribution in [3.63, 3.8) is 0 Å². The predicted molar refractivity (Wildman–Crippen MR) is 184 cm³/mol. The van der Waals surface area contributed by atoms with E-state index in [2.05, 4.69) is 48.1 Å². The Bertz CT molecular complexity index is 1390. The van der Waals surface area contributed by atoms with Crippen LogP contribution in [0.2, 0.25) is 0 Å². The number of ether oxygens (including phenoxy) is 1. The third kappa shape index (κ3) is 4.77. The van der Waals surface area contributed by atoms with Gasteiger partial charge in [-0.1, -0.05) is 60.6 Å². The fourth-order valence-corrected chi connectivity index (χ4v) is 14.2. The van der Waals surface area contributed by atoms with Crippen molar-refractivity contribution in [1.29, 1.82) is 0 Å². The lowest BCUT2D eigenvalue weighted by Crippen LogP contribution is -2.67. The van der Waals surface area contributed by atoms with Gasteiger partial charge in [-0.2, -0.15) is 0 Å². The summed E-state index contributed by atoms with van der Waals surface area (Å²) < 4.78 is 6.38. The number of carbonyl (C=O) groups excluding carboxylic acids is 2. The van der Waals surface area contributed by atoms with Crippen LogP contribution in [0.3, 0.4) is 0 Å². The number of Topliss-reactive ketones (excluding diaryl/α,β-unsaturated/α-hetero) is 1. The maximum atomic E-state index is 14.0. The Balaban J connectivity index is 1.25. The lowest BCUT2D eigenvalue weighted by Gasteiger charge is -2.73. The van der Waals surface area contributed by atoms with Crippen LogP contribution in [0.15, 0.2) is 12.2 Å². The van der Waals surface area contributed by atoms with E-state index in [-0.39, 0.29) is 64.2 Å². The highest BCUT2D eigenvalue weighted by molar-refractivity contribution is 5.88. The van der Waals surface area contributed by atoms with Crippen molar-refractivity contribution in [2.24, 2.45) is 73.9 Å². The molecule has 0 aromatic carbocycles. The molecule has 0 spiro atoms. The second-order valence-corrected chi connectivity index (χ2v) is 19.4. The first-order valence-electron chi connectivity index (χ1n) is 19.0. The van der Waals surface area contributed by atoms with Gasteiger partial charge in [0.25, 0.3) is 0 Å². The van der Waals surface area contributed by atoms with E-state index in [0.29, 0.717) is 30.1 Å². The fourth-order valence-electron chi connectivity index (χ4n) is 14.2. The van der Waals surface area contributed by atoms with Gasteiger partial charge in [-0.15, -0.1) is 0 Å². The molecule has 6 aliphatic carbocycles. The number of allylic oxidation sites excluding steroid dienone is 1. The van der Waals surface area contributed by atoms with Crippen LogP contribution in [0.4, 0.5) is 0 Å². The molecular formula is C41H62O7. The highest BCUT2D eigenvalue weighted by Crippen LogP contribution is 2.77. The van der Waals surface area contributed by atoms with E-state index in [4.69, 9.17) is 4.74 Å². The summed E-state index contributed by atoms with van der Waals surface area (Å²) in [6.07, 6.45) is 10.2. The number of hydrogen-bond acceptors (Lipinski definition) is 5. The molecular weight excluding hydrogens is 604 g/mol. The summed E-state index contributed by atoms with van der Waals surface area (Å²) in [7, 11) is 0. The largest absolute Gasteiger partial charge is 0.481 e. The summed E-state index contributed by atoms with van der Waals surface area (Å²) in [5.41, 5.74) is 0.255. The molecule has 0 saturated heterocycles. The average molecular weight is 667 g/mol. The van der Waals surface area contributed by atoms with E-state index >= 15 is 0 Å². The van der Waals surface area contributed by atoms with Crippen molar-refractivity contribution in [1.82, 2.24) is 0 Å². The Morgan fingerprint density at radius 1 is 0.729 bits per heavy atom. The number of carboxylic acid groups (broad SMARTS) is 2. The molecule has 0 bridgehead atoms. The highest BCUT2D eigenvalue weighted by atomic mass is 16.5. The number of aliphatic carboxylic acids is 2. The molecule has 12 atom stereocenters. The molecule has 6 rings (SSSR count). The fraction of sp³-hybridized carbons (Fsp3) is 0.854. The highest BCUT2D eigenvalue weighted by Gasteiger charge is 2.72. The van der Waals surface area contributed by atoms with Crippen molar-refractivity contribution in [2.45, 2.75) is 145 Å². The molecule has 0 heterocycles. The Labute approximate surface area is 288 Å². The maximum Gasteiger partial charge on any atom is 0.309 e. The first-order chi connectivity index (χ1) is 22.2. The van der Waals surface area contributed by atoms with E-state index in [1.807, 2.05) is 13.8 Å². The summed E-state index contributed by atoms with van der Waals surface area (Å²) in [5.74, 6) is -0.744. The molecule has 268 valence electrons. The molecule has 0 aromatic heterocycles. The van der Waals surface area contributed by atoms with Crippen molar-refractivity contribution in [2.75, 3.05) is 0 Å². The predicted octanol–water partition coefficient (Wildman–Crippen LogP) is 8.74. The van der Waals surface area contributed by atoms with Gasteiger partial charge in [0.15, 0.2) is 0 Å². The van der Waals surface area contributed by atoms with Gasteiger partial charge < -0.3 is 14.9 Å². The van der Waals surface area contributed by atoms with Crippen LogP contribution < -0.4 is 0 Å². The SMILES string of the molecule is C=C(C)[C@@H]1CC[C@]2(C(=O)CCC(=O)O)CC[C@]3(C)C(CC[C@@H]4[C@@]5(C)CC[C@H](OC(=O)C6C[C@@H](C(=O)O)C6(C)C)C(C)(C)[C@@H]5CC[C@]43C)C12. The number of carboxylic acids is 2. The van der Waals surface area contributed by atoms with Gasteiger partial charge in [0.2, 0.25) is 0 Å². The third-order valence-corrected chi connectivity index (χ3v) is 17.2. The molecule has 2 N–H and O–H groups in total. The number of rotatable bonds is 8. The van der Waals surface area contributed by atoms with Crippen LogP contribution in [0.1, 0.15) is 139 Å². The molecule has 0 aromatic rings. The summed E-state index contributed by atoms with van der Waals surface area (Å²) in [4.78, 5) is 50.7. The zero-order valence-electron chi connectivity index (χ0n) is 31.0. The summed E-state index contributed by atoms with van der Waals surface area (Å²) in [6.45, 7) is 22.6. The Kier molecular flexibility index (Phi) is 8.48. The van der Waals surface area contributed by atoms with Crippen molar-refractivity contribution in [3.05, 3.63) is 12.2 Å². The Morgan fingerprint density at radius 3 is 2.02 bits per heavy atom. The molecule has 3 unspecified atom stereocenters. The first-order valence-corrected chi connectivity index (χ1v) is 19.0. The van der Waals surface area contributed by atoms with Crippen LogP contribution in [-0.4, -0.2) is 40.0 Å². The van der Waals surface area contributed by atoms with Gasteiger partial charge in [-0.25, -0.2) is 0 Å². The number of hydrogen-bond donors (Lipinski definition) is 2. The second kappa shape index (κ2) is 11.4. The minimum atomic E-state index is -0.893. The van der Waals surface area contributed by atoms with Crippen LogP contribution >= 0.6 is 0 Å². The zero-order chi connectivity index (χ0) is 35.4. The molecule has 6 aliphatic rings. The van der Waals surface area contributed by atoms with E-state index in [9.17, 15) is 29.4 Å². The number of esters is 1. The van der Waals surface area contributed by atoms with Crippen molar-refractivity contribution in [3.8, 4) is 0 Å². The molecule has 6 fully saturated rings.